The van der Waals surface area contributed by atoms with Crippen molar-refractivity contribution in [1.82, 2.24) is 0 Å². The summed E-state index contributed by atoms with van der Waals surface area (Å²) in [6.45, 7) is 15.8. The molecule has 0 rings (SSSR count). The highest BCUT2D eigenvalue weighted by atomic mass is 33.7. The second kappa shape index (κ2) is 26.4. The van der Waals surface area contributed by atoms with E-state index in [-0.39, 0.29) is 27.0 Å². The Balaban J connectivity index is -0.00000420. The van der Waals surface area contributed by atoms with Crippen molar-refractivity contribution in [3.8, 4) is 0 Å². The van der Waals surface area contributed by atoms with Crippen LogP contribution in [-0.4, -0.2) is 68.8 Å². The first-order valence-electron chi connectivity index (χ1n) is 11.0. The topological polar surface area (TPSA) is 55.4 Å². The summed E-state index contributed by atoms with van der Waals surface area (Å²) < 4.78 is 35.4. The normalized spacial score (nSPS) is 11.8. The highest BCUT2D eigenvalue weighted by molar-refractivity contribution is 9.26. The molecular formula is C18H46O6S6Si2. The standard InChI is InChI=1S/C18H42O6S4Si2.2H2S/c1-7-19-29(20-8-2,21-9-3)17-13-15-25-27-28-26-16-14-18-30(22-10-4,23-11-5)24-12-6;;/h7-18H2,1-6H3;2*1H2. The van der Waals surface area contributed by atoms with Crippen molar-refractivity contribution in [2.75, 3.05) is 51.1 Å². The Morgan fingerprint density at radius 1 is 0.469 bits per heavy atom. The Morgan fingerprint density at radius 3 is 0.938 bits per heavy atom. The molecule has 0 aromatic heterocycles. The van der Waals surface area contributed by atoms with Crippen molar-refractivity contribution >= 4 is 85.8 Å². The molecule has 0 N–H and O–H groups in total. The van der Waals surface area contributed by atoms with Crippen LogP contribution >= 0.6 is 68.2 Å². The fourth-order valence-corrected chi connectivity index (χ4v) is 14.7. The quantitative estimate of drug-likeness (QED) is 0.0708. The number of hydrogen-bond donors (Lipinski definition) is 0. The van der Waals surface area contributed by atoms with Gasteiger partial charge >= 0.3 is 17.6 Å². The summed E-state index contributed by atoms with van der Waals surface area (Å²) in [5.74, 6) is 2.13. The zero-order chi connectivity index (χ0) is 22.6. The Hall–Kier alpha value is 2.29. The molecule has 0 aliphatic heterocycles. The molecule has 14 heteroatoms. The van der Waals surface area contributed by atoms with E-state index in [4.69, 9.17) is 26.6 Å². The van der Waals surface area contributed by atoms with Gasteiger partial charge in [0.15, 0.2) is 0 Å². The second-order valence-corrected chi connectivity index (χ2v) is 17.7. The molecule has 0 amide bonds. The van der Waals surface area contributed by atoms with Gasteiger partial charge < -0.3 is 26.6 Å². The molecule has 198 valence electrons. The lowest BCUT2D eigenvalue weighted by atomic mass is 10.6. The van der Waals surface area contributed by atoms with Crippen LogP contribution in [0.2, 0.25) is 12.1 Å². The minimum Gasteiger partial charge on any atom is -0.374 e. The Bertz CT molecular complexity index is 326. The summed E-state index contributed by atoms with van der Waals surface area (Å²) in [5, 5.41) is 0. The van der Waals surface area contributed by atoms with Gasteiger partial charge in [-0.25, -0.2) is 0 Å². The van der Waals surface area contributed by atoms with Crippen molar-refractivity contribution in [2.45, 2.75) is 66.5 Å². The summed E-state index contributed by atoms with van der Waals surface area (Å²) in [6, 6.07) is 1.76. The number of hydrogen-bond acceptors (Lipinski definition) is 10. The maximum Gasteiger partial charge on any atom is 0.500 e. The molecule has 0 fully saturated rings. The van der Waals surface area contributed by atoms with Crippen LogP contribution in [0.1, 0.15) is 54.4 Å². The number of rotatable bonds is 23. The van der Waals surface area contributed by atoms with Crippen molar-refractivity contribution in [3.63, 3.8) is 0 Å². The Labute approximate surface area is 228 Å². The maximum absolute atomic E-state index is 5.90. The summed E-state index contributed by atoms with van der Waals surface area (Å²) in [5.41, 5.74) is 0. The van der Waals surface area contributed by atoms with E-state index >= 15 is 0 Å². The molecule has 0 aliphatic rings. The predicted octanol–water partition coefficient (Wildman–Crippen LogP) is 6.77. The zero-order valence-corrected chi connectivity index (χ0v) is 27.8. The average Bonchev–Trinajstić information content (AvgIpc) is 2.70. The lowest BCUT2D eigenvalue weighted by Gasteiger charge is -2.28. The van der Waals surface area contributed by atoms with Crippen LogP contribution in [0.3, 0.4) is 0 Å². The second-order valence-electron chi connectivity index (χ2n) is 5.95. The molecule has 0 heterocycles. The molecule has 32 heavy (non-hydrogen) atoms. The van der Waals surface area contributed by atoms with Crippen LogP contribution in [0.5, 0.6) is 0 Å². The van der Waals surface area contributed by atoms with Crippen molar-refractivity contribution < 1.29 is 26.6 Å². The third-order valence-corrected chi connectivity index (χ3v) is 16.7. The summed E-state index contributed by atoms with van der Waals surface area (Å²) in [6.07, 6.45) is 2.08. The van der Waals surface area contributed by atoms with E-state index in [9.17, 15) is 0 Å². The van der Waals surface area contributed by atoms with Gasteiger partial charge in [-0.1, -0.05) is 21.6 Å². The van der Waals surface area contributed by atoms with Gasteiger partial charge in [0.25, 0.3) is 0 Å². The fraction of sp³-hybridized carbons (Fsp3) is 1.00. The molecule has 0 saturated carbocycles. The summed E-state index contributed by atoms with van der Waals surface area (Å²) >= 11 is 0. The maximum atomic E-state index is 5.90. The van der Waals surface area contributed by atoms with E-state index in [1.807, 2.05) is 82.8 Å². The molecule has 0 unspecified atom stereocenters. The van der Waals surface area contributed by atoms with Crippen molar-refractivity contribution in [2.24, 2.45) is 0 Å². The van der Waals surface area contributed by atoms with E-state index < -0.39 is 17.6 Å². The molecule has 0 aliphatic carbocycles. The average molecular weight is 607 g/mol. The monoisotopic (exact) mass is 606 g/mol. The first-order valence-corrected chi connectivity index (χ1v) is 20.0. The van der Waals surface area contributed by atoms with E-state index in [1.165, 1.54) is 0 Å². The predicted molar refractivity (Wildman–Crippen MR) is 161 cm³/mol. The molecule has 6 nitrogen and oxygen atoms in total. The van der Waals surface area contributed by atoms with Gasteiger partial charge in [0, 0.05) is 63.2 Å². The third kappa shape index (κ3) is 18.5. The first kappa shape index (κ1) is 38.8. The lowest BCUT2D eigenvalue weighted by molar-refractivity contribution is 0.0704. The van der Waals surface area contributed by atoms with Gasteiger partial charge in [-0.2, -0.15) is 27.0 Å². The largest absolute Gasteiger partial charge is 0.500 e. The van der Waals surface area contributed by atoms with Gasteiger partial charge in [0.1, 0.15) is 0 Å². The van der Waals surface area contributed by atoms with E-state index in [0.29, 0.717) is 39.6 Å². The van der Waals surface area contributed by atoms with Gasteiger partial charge in [0.2, 0.25) is 0 Å². The fourth-order valence-electron chi connectivity index (χ4n) is 2.81. The van der Waals surface area contributed by atoms with E-state index in [2.05, 4.69) is 0 Å². The van der Waals surface area contributed by atoms with Crippen LogP contribution in [0.4, 0.5) is 0 Å². The van der Waals surface area contributed by atoms with Crippen molar-refractivity contribution in [3.05, 3.63) is 0 Å². The van der Waals surface area contributed by atoms with E-state index in [1.54, 1.807) is 0 Å². The van der Waals surface area contributed by atoms with Crippen LogP contribution in [0.15, 0.2) is 0 Å². The van der Waals surface area contributed by atoms with Gasteiger partial charge in [-0.05, 0) is 74.0 Å². The van der Waals surface area contributed by atoms with Crippen LogP contribution in [0, 0.1) is 0 Å². The molecule has 0 radical (unpaired) electrons. The first-order chi connectivity index (χ1) is 14.6. The van der Waals surface area contributed by atoms with Crippen LogP contribution < -0.4 is 0 Å². The molecule has 0 aromatic carbocycles. The van der Waals surface area contributed by atoms with Gasteiger partial charge in [-0.3, -0.25) is 0 Å². The molecule has 0 spiro atoms. The van der Waals surface area contributed by atoms with Crippen molar-refractivity contribution in [1.29, 1.82) is 0 Å². The molecule has 0 atom stereocenters. The highest BCUT2D eigenvalue weighted by Crippen LogP contribution is 2.44. The minimum absolute atomic E-state index is 0. The van der Waals surface area contributed by atoms with E-state index in [0.717, 1.165) is 36.4 Å². The summed E-state index contributed by atoms with van der Waals surface area (Å²) in [4.78, 5) is 0. The highest BCUT2D eigenvalue weighted by Gasteiger charge is 2.40. The lowest BCUT2D eigenvalue weighted by Crippen LogP contribution is -2.46. The third-order valence-electron chi connectivity index (χ3n) is 3.73. The van der Waals surface area contributed by atoms with Crippen LogP contribution in [-0.2, 0) is 26.6 Å². The Morgan fingerprint density at radius 2 is 0.719 bits per heavy atom. The SMILES string of the molecule is CCO[Si](CCCSSSSCCC[Si](OCC)(OCC)OCC)(OCC)OCC.S.S. The zero-order valence-electron chi connectivity index (χ0n) is 20.6. The molecule has 0 saturated heterocycles. The summed E-state index contributed by atoms with van der Waals surface area (Å²) in [7, 11) is 2.48. The molecule has 0 bridgehead atoms. The molecular weight excluding hydrogens is 561 g/mol. The smallest absolute Gasteiger partial charge is 0.374 e. The van der Waals surface area contributed by atoms with Gasteiger partial charge in [-0.15, -0.1) is 0 Å². The van der Waals surface area contributed by atoms with Gasteiger partial charge in [0.05, 0.1) is 0 Å². The van der Waals surface area contributed by atoms with Crippen LogP contribution in [0.25, 0.3) is 0 Å². The Kier molecular flexibility index (Phi) is 32.0. The molecule has 0 aromatic rings. The minimum atomic E-state index is -2.49.